The summed E-state index contributed by atoms with van der Waals surface area (Å²) in [5.41, 5.74) is 2.01. The Morgan fingerprint density at radius 2 is 2.00 bits per heavy atom. The van der Waals surface area contributed by atoms with E-state index in [2.05, 4.69) is 5.32 Å². The van der Waals surface area contributed by atoms with E-state index in [9.17, 15) is 5.11 Å². The molecule has 4 heteroatoms. The maximum atomic E-state index is 9.22. The minimum Gasteiger partial charge on any atom is -0.394 e. The van der Waals surface area contributed by atoms with E-state index >= 15 is 0 Å². The molecular formula is C11H18N2O2. The minimum absolute atomic E-state index is 0.225. The minimum atomic E-state index is -0.722. The lowest BCUT2D eigenvalue weighted by atomic mass is 10.2. The molecule has 3 N–H and O–H groups in total. The van der Waals surface area contributed by atoms with Crippen molar-refractivity contribution >= 4 is 11.4 Å². The first-order chi connectivity index (χ1) is 7.15. The van der Waals surface area contributed by atoms with Gasteiger partial charge in [-0.1, -0.05) is 12.1 Å². The molecule has 0 heterocycles. The van der Waals surface area contributed by atoms with Crippen molar-refractivity contribution in [2.75, 3.05) is 37.5 Å². The van der Waals surface area contributed by atoms with Crippen molar-refractivity contribution < 1.29 is 10.2 Å². The van der Waals surface area contributed by atoms with Crippen LogP contribution in [0.5, 0.6) is 0 Å². The lowest BCUT2D eigenvalue weighted by molar-refractivity contribution is 0.105. The number of rotatable bonds is 5. The molecule has 0 spiro atoms. The smallest absolute Gasteiger partial charge is 0.0942 e. The predicted octanol–water partition coefficient (Wildman–Crippen LogP) is 0.518. The van der Waals surface area contributed by atoms with Crippen LogP contribution in [0.4, 0.5) is 11.4 Å². The van der Waals surface area contributed by atoms with E-state index in [1.165, 1.54) is 0 Å². The molecule has 4 nitrogen and oxygen atoms in total. The molecule has 0 aliphatic carbocycles. The maximum absolute atomic E-state index is 9.22. The van der Waals surface area contributed by atoms with Gasteiger partial charge in [0.2, 0.25) is 0 Å². The van der Waals surface area contributed by atoms with Crippen molar-refractivity contribution in [1.29, 1.82) is 0 Å². The molecule has 0 bridgehead atoms. The van der Waals surface area contributed by atoms with Gasteiger partial charge in [0.1, 0.15) is 0 Å². The summed E-state index contributed by atoms with van der Waals surface area (Å²) in [4.78, 5) is 1.99. The highest BCUT2D eigenvalue weighted by atomic mass is 16.3. The summed E-state index contributed by atoms with van der Waals surface area (Å²) in [6.07, 6.45) is -0.722. The summed E-state index contributed by atoms with van der Waals surface area (Å²) in [6, 6.07) is 7.83. The van der Waals surface area contributed by atoms with Gasteiger partial charge in [-0.25, -0.2) is 0 Å². The molecular weight excluding hydrogens is 192 g/mol. The number of hydrogen-bond donors (Lipinski definition) is 3. The Morgan fingerprint density at radius 1 is 1.33 bits per heavy atom. The van der Waals surface area contributed by atoms with Crippen molar-refractivity contribution in [2.24, 2.45) is 0 Å². The number of aliphatic hydroxyl groups is 2. The Morgan fingerprint density at radius 3 is 2.60 bits per heavy atom. The van der Waals surface area contributed by atoms with E-state index in [0.717, 1.165) is 11.4 Å². The Kier molecular flexibility index (Phi) is 4.39. The molecule has 0 fully saturated rings. The standard InChI is InChI=1S/C11H18N2O2/c1-13(2)11-6-4-3-5-10(11)12-7-9(15)8-14/h3-6,9,12,14-15H,7-8H2,1-2H3. The van der Waals surface area contributed by atoms with Crippen LogP contribution in [0.25, 0.3) is 0 Å². The van der Waals surface area contributed by atoms with Gasteiger partial charge in [0, 0.05) is 20.6 Å². The summed E-state index contributed by atoms with van der Waals surface area (Å²) in [5.74, 6) is 0. The third-order valence-electron chi connectivity index (χ3n) is 2.12. The Balaban J connectivity index is 2.67. The van der Waals surface area contributed by atoms with Gasteiger partial charge in [-0.3, -0.25) is 0 Å². The van der Waals surface area contributed by atoms with Gasteiger partial charge in [0.15, 0.2) is 0 Å². The van der Waals surface area contributed by atoms with Crippen molar-refractivity contribution in [3.05, 3.63) is 24.3 Å². The van der Waals surface area contributed by atoms with Crippen LogP contribution in [0.1, 0.15) is 0 Å². The van der Waals surface area contributed by atoms with E-state index < -0.39 is 6.10 Å². The van der Waals surface area contributed by atoms with Crippen molar-refractivity contribution in [2.45, 2.75) is 6.10 Å². The lowest BCUT2D eigenvalue weighted by Crippen LogP contribution is -2.24. The number of para-hydroxylation sites is 2. The normalized spacial score (nSPS) is 12.3. The molecule has 1 rings (SSSR count). The summed E-state index contributed by atoms with van der Waals surface area (Å²) in [7, 11) is 3.92. The van der Waals surface area contributed by atoms with Gasteiger partial charge < -0.3 is 20.4 Å². The van der Waals surface area contributed by atoms with Crippen LogP contribution in [0.3, 0.4) is 0 Å². The van der Waals surface area contributed by atoms with Crippen LogP contribution < -0.4 is 10.2 Å². The molecule has 1 atom stereocenters. The first-order valence-corrected chi connectivity index (χ1v) is 4.94. The second-order valence-electron chi connectivity index (χ2n) is 3.63. The third-order valence-corrected chi connectivity index (χ3v) is 2.12. The first-order valence-electron chi connectivity index (χ1n) is 4.94. The van der Waals surface area contributed by atoms with E-state index in [0.29, 0.717) is 6.54 Å². The monoisotopic (exact) mass is 210 g/mol. The average Bonchev–Trinajstić information content (AvgIpc) is 2.26. The zero-order valence-electron chi connectivity index (χ0n) is 9.14. The van der Waals surface area contributed by atoms with E-state index in [1.54, 1.807) is 0 Å². The average molecular weight is 210 g/mol. The van der Waals surface area contributed by atoms with Crippen LogP contribution in [-0.2, 0) is 0 Å². The number of aliphatic hydroxyl groups excluding tert-OH is 2. The maximum Gasteiger partial charge on any atom is 0.0942 e. The number of benzene rings is 1. The second kappa shape index (κ2) is 5.58. The molecule has 1 aromatic carbocycles. The van der Waals surface area contributed by atoms with E-state index in [4.69, 9.17) is 5.11 Å². The molecule has 0 aliphatic rings. The van der Waals surface area contributed by atoms with Crippen molar-refractivity contribution in [3.8, 4) is 0 Å². The fraction of sp³-hybridized carbons (Fsp3) is 0.455. The van der Waals surface area contributed by atoms with Gasteiger partial charge in [0.05, 0.1) is 24.1 Å². The molecule has 0 saturated heterocycles. The molecule has 0 aliphatic heterocycles. The van der Waals surface area contributed by atoms with Crippen molar-refractivity contribution in [3.63, 3.8) is 0 Å². The number of nitrogens with zero attached hydrogens (tertiary/aromatic N) is 1. The molecule has 0 saturated carbocycles. The molecule has 1 unspecified atom stereocenters. The van der Waals surface area contributed by atoms with Crippen LogP contribution >= 0.6 is 0 Å². The fourth-order valence-electron chi connectivity index (χ4n) is 1.31. The number of hydrogen-bond acceptors (Lipinski definition) is 4. The third kappa shape index (κ3) is 3.42. The molecule has 0 amide bonds. The topological polar surface area (TPSA) is 55.7 Å². The fourth-order valence-corrected chi connectivity index (χ4v) is 1.31. The number of nitrogens with one attached hydrogen (secondary N) is 1. The highest BCUT2D eigenvalue weighted by Gasteiger charge is 2.05. The van der Waals surface area contributed by atoms with E-state index in [-0.39, 0.29) is 6.61 Å². The summed E-state index contributed by atoms with van der Waals surface area (Å²) in [5, 5.41) is 21.0. The Labute approximate surface area is 90.2 Å². The van der Waals surface area contributed by atoms with Crippen LogP contribution in [0.15, 0.2) is 24.3 Å². The predicted molar refractivity (Wildman–Crippen MR) is 62.4 cm³/mol. The van der Waals surface area contributed by atoms with Gasteiger partial charge in [-0.15, -0.1) is 0 Å². The van der Waals surface area contributed by atoms with Crippen molar-refractivity contribution in [1.82, 2.24) is 0 Å². The lowest BCUT2D eigenvalue weighted by Gasteiger charge is -2.19. The Hall–Kier alpha value is -1.26. The summed E-state index contributed by atoms with van der Waals surface area (Å²) >= 11 is 0. The summed E-state index contributed by atoms with van der Waals surface area (Å²) in [6.45, 7) is 0.123. The van der Waals surface area contributed by atoms with Gasteiger partial charge in [-0.2, -0.15) is 0 Å². The summed E-state index contributed by atoms with van der Waals surface area (Å²) < 4.78 is 0. The SMILES string of the molecule is CN(C)c1ccccc1NCC(O)CO. The zero-order chi connectivity index (χ0) is 11.3. The first kappa shape index (κ1) is 11.8. The molecule has 15 heavy (non-hydrogen) atoms. The van der Waals surface area contributed by atoms with Gasteiger partial charge >= 0.3 is 0 Å². The van der Waals surface area contributed by atoms with Gasteiger partial charge in [-0.05, 0) is 12.1 Å². The Bertz CT molecular complexity index is 302. The van der Waals surface area contributed by atoms with Crippen LogP contribution in [0.2, 0.25) is 0 Å². The number of anilines is 2. The highest BCUT2D eigenvalue weighted by Crippen LogP contribution is 2.23. The van der Waals surface area contributed by atoms with Crippen LogP contribution in [-0.4, -0.2) is 43.6 Å². The largest absolute Gasteiger partial charge is 0.394 e. The van der Waals surface area contributed by atoms with Crippen LogP contribution in [0, 0.1) is 0 Å². The van der Waals surface area contributed by atoms with E-state index in [1.807, 2.05) is 43.3 Å². The van der Waals surface area contributed by atoms with Gasteiger partial charge in [0.25, 0.3) is 0 Å². The molecule has 0 aromatic heterocycles. The quantitative estimate of drug-likeness (QED) is 0.663. The molecule has 84 valence electrons. The zero-order valence-corrected chi connectivity index (χ0v) is 9.14. The molecule has 1 aromatic rings. The second-order valence-corrected chi connectivity index (χ2v) is 3.63. The highest BCUT2D eigenvalue weighted by molar-refractivity contribution is 5.69. The molecule has 0 radical (unpaired) electrons.